The van der Waals surface area contributed by atoms with Crippen LogP contribution in [0.15, 0.2) is 18.2 Å². The molecule has 2 N–H and O–H groups in total. The molecule has 1 aromatic carbocycles. The van der Waals surface area contributed by atoms with Gasteiger partial charge in [-0.2, -0.15) is 0 Å². The van der Waals surface area contributed by atoms with Gasteiger partial charge in [0.15, 0.2) is 0 Å². The monoisotopic (exact) mass is 287 g/mol. The van der Waals surface area contributed by atoms with Gasteiger partial charge in [0.05, 0.1) is 10.0 Å². The van der Waals surface area contributed by atoms with Crippen LogP contribution in [0.2, 0.25) is 10.0 Å². The van der Waals surface area contributed by atoms with Gasteiger partial charge in [-0.15, -0.1) is 0 Å². The first-order valence-electron chi connectivity index (χ1n) is 5.90. The van der Waals surface area contributed by atoms with Gasteiger partial charge in [0, 0.05) is 25.0 Å². The van der Waals surface area contributed by atoms with Gasteiger partial charge < -0.3 is 10.4 Å². The van der Waals surface area contributed by atoms with E-state index in [1.54, 1.807) is 6.07 Å². The molecule has 1 aliphatic heterocycles. The highest BCUT2D eigenvalue weighted by Gasteiger charge is 2.36. The molecule has 1 fully saturated rings. The van der Waals surface area contributed by atoms with Crippen molar-refractivity contribution in [3.05, 3.63) is 33.8 Å². The number of hydrogen-bond acceptors (Lipinski definition) is 2. The summed E-state index contributed by atoms with van der Waals surface area (Å²) in [6.45, 7) is 0.612. The molecule has 0 aromatic heterocycles. The summed E-state index contributed by atoms with van der Waals surface area (Å²) in [6.07, 6.45) is 1.79. The number of hydrogen-bond donors (Lipinski definition) is 2. The molecule has 0 spiro atoms. The highest BCUT2D eigenvalue weighted by molar-refractivity contribution is 6.42. The minimum absolute atomic E-state index is 0.0589. The molecular weight excluding hydrogens is 273 g/mol. The molecule has 1 heterocycles. The van der Waals surface area contributed by atoms with Crippen LogP contribution in [0.5, 0.6) is 0 Å². The number of piperidine rings is 1. The van der Waals surface area contributed by atoms with Crippen molar-refractivity contribution < 1.29 is 9.90 Å². The minimum Gasteiger partial charge on any atom is -0.396 e. The van der Waals surface area contributed by atoms with Gasteiger partial charge >= 0.3 is 0 Å². The van der Waals surface area contributed by atoms with Gasteiger partial charge in [0.2, 0.25) is 5.91 Å². The molecule has 0 saturated carbocycles. The molecule has 0 radical (unpaired) electrons. The van der Waals surface area contributed by atoms with E-state index >= 15 is 0 Å². The zero-order chi connectivity index (χ0) is 13.2. The predicted molar refractivity (Wildman–Crippen MR) is 72.1 cm³/mol. The Morgan fingerprint density at radius 2 is 2.11 bits per heavy atom. The van der Waals surface area contributed by atoms with E-state index in [4.69, 9.17) is 23.2 Å². The third-order valence-corrected chi connectivity index (χ3v) is 4.32. The van der Waals surface area contributed by atoms with Gasteiger partial charge in [0.25, 0.3) is 0 Å². The number of carbonyl (C=O) groups is 1. The van der Waals surface area contributed by atoms with E-state index in [0.29, 0.717) is 29.4 Å². The van der Waals surface area contributed by atoms with Crippen molar-refractivity contribution in [2.24, 2.45) is 0 Å². The summed E-state index contributed by atoms with van der Waals surface area (Å²) in [5.41, 5.74) is 0.780. The largest absolute Gasteiger partial charge is 0.396 e. The maximum atomic E-state index is 11.3. The standard InChI is InChI=1S/C13H15Cl2NO2/c14-10-2-1-9(7-11(10)15)13(5-6-17)4-3-12(18)16-8-13/h1-2,7,17H,3-6,8H2,(H,16,18)/t13-/m0/s1. The molecule has 1 saturated heterocycles. The quantitative estimate of drug-likeness (QED) is 0.898. The average molecular weight is 288 g/mol. The van der Waals surface area contributed by atoms with Crippen molar-refractivity contribution >= 4 is 29.1 Å². The number of aliphatic hydroxyl groups excluding tert-OH is 1. The zero-order valence-electron chi connectivity index (χ0n) is 9.88. The Hall–Kier alpha value is -0.770. The molecule has 1 amide bonds. The summed E-state index contributed by atoms with van der Waals surface area (Å²) in [4.78, 5) is 11.3. The van der Waals surface area contributed by atoms with E-state index in [9.17, 15) is 9.90 Å². The van der Waals surface area contributed by atoms with Crippen molar-refractivity contribution in [2.75, 3.05) is 13.2 Å². The normalized spacial score (nSPS) is 23.8. The van der Waals surface area contributed by atoms with Gasteiger partial charge in [-0.05, 0) is 30.5 Å². The summed E-state index contributed by atoms with van der Waals surface area (Å²) in [5.74, 6) is 0.0589. The average Bonchev–Trinajstić information content (AvgIpc) is 2.36. The van der Waals surface area contributed by atoms with Crippen LogP contribution in [0.3, 0.4) is 0 Å². The second-order valence-corrected chi connectivity index (χ2v) is 5.47. The van der Waals surface area contributed by atoms with E-state index in [0.717, 1.165) is 12.0 Å². The molecule has 1 aromatic rings. The Kier molecular flexibility index (Phi) is 4.15. The SMILES string of the molecule is O=C1CC[C@@](CCO)(c2ccc(Cl)c(Cl)c2)CN1. The summed E-state index contributed by atoms with van der Waals surface area (Å²) < 4.78 is 0. The van der Waals surface area contributed by atoms with E-state index in [1.807, 2.05) is 12.1 Å². The van der Waals surface area contributed by atoms with Crippen LogP contribution in [0.1, 0.15) is 24.8 Å². The van der Waals surface area contributed by atoms with Crippen molar-refractivity contribution in [3.8, 4) is 0 Å². The number of carbonyl (C=O) groups excluding carboxylic acids is 1. The van der Waals surface area contributed by atoms with E-state index in [2.05, 4.69) is 5.32 Å². The van der Waals surface area contributed by atoms with Crippen molar-refractivity contribution in [3.63, 3.8) is 0 Å². The Labute approximate surface area is 116 Å². The molecular formula is C13H15Cl2NO2. The van der Waals surface area contributed by atoms with Crippen molar-refractivity contribution in [1.29, 1.82) is 0 Å². The summed E-state index contributed by atoms with van der Waals surface area (Å²) in [5, 5.41) is 13.1. The Morgan fingerprint density at radius 1 is 1.33 bits per heavy atom. The maximum Gasteiger partial charge on any atom is 0.220 e. The molecule has 98 valence electrons. The molecule has 1 aliphatic rings. The number of aliphatic hydroxyl groups is 1. The van der Waals surface area contributed by atoms with Crippen molar-refractivity contribution in [1.82, 2.24) is 5.32 Å². The van der Waals surface area contributed by atoms with Crippen LogP contribution in [-0.2, 0) is 10.2 Å². The fourth-order valence-electron chi connectivity index (χ4n) is 2.44. The van der Waals surface area contributed by atoms with Crippen molar-refractivity contribution in [2.45, 2.75) is 24.7 Å². The number of benzene rings is 1. The lowest BCUT2D eigenvalue weighted by molar-refractivity contribution is -0.123. The molecule has 18 heavy (non-hydrogen) atoms. The summed E-state index contributed by atoms with van der Waals surface area (Å²) in [6, 6.07) is 5.51. The topological polar surface area (TPSA) is 49.3 Å². The molecule has 0 aliphatic carbocycles. The second-order valence-electron chi connectivity index (χ2n) is 4.66. The first-order chi connectivity index (χ1) is 8.57. The van der Waals surface area contributed by atoms with Crippen LogP contribution in [-0.4, -0.2) is 24.2 Å². The van der Waals surface area contributed by atoms with E-state index < -0.39 is 0 Å². The first kappa shape index (κ1) is 13.7. The van der Waals surface area contributed by atoms with Crippen LogP contribution < -0.4 is 5.32 Å². The number of amides is 1. The molecule has 3 nitrogen and oxygen atoms in total. The molecule has 2 rings (SSSR count). The predicted octanol–water partition coefficient (Wildman–Crippen LogP) is 2.52. The summed E-state index contributed by atoms with van der Waals surface area (Å²) in [7, 11) is 0. The fraction of sp³-hybridized carbons (Fsp3) is 0.462. The molecule has 0 unspecified atom stereocenters. The smallest absolute Gasteiger partial charge is 0.220 e. The number of rotatable bonds is 3. The van der Waals surface area contributed by atoms with Crippen LogP contribution in [0, 0.1) is 0 Å². The molecule has 5 heteroatoms. The van der Waals surface area contributed by atoms with Crippen LogP contribution in [0.25, 0.3) is 0 Å². The Balaban J connectivity index is 2.34. The summed E-state index contributed by atoms with van der Waals surface area (Å²) >= 11 is 12.0. The Bertz CT molecular complexity index is 452. The highest BCUT2D eigenvalue weighted by Crippen LogP contribution is 2.37. The third kappa shape index (κ3) is 2.63. The minimum atomic E-state index is -0.239. The van der Waals surface area contributed by atoms with Gasteiger partial charge in [-0.25, -0.2) is 0 Å². The highest BCUT2D eigenvalue weighted by atomic mass is 35.5. The lowest BCUT2D eigenvalue weighted by Crippen LogP contribution is -2.46. The third-order valence-electron chi connectivity index (χ3n) is 3.58. The van der Waals surface area contributed by atoms with Crippen LogP contribution >= 0.6 is 23.2 Å². The molecule has 0 bridgehead atoms. The fourth-order valence-corrected chi connectivity index (χ4v) is 2.74. The van der Waals surface area contributed by atoms with Crippen LogP contribution in [0.4, 0.5) is 0 Å². The van der Waals surface area contributed by atoms with Gasteiger partial charge in [-0.3, -0.25) is 4.79 Å². The van der Waals surface area contributed by atoms with Gasteiger partial charge in [0.1, 0.15) is 0 Å². The first-order valence-corrected chi connectivity index (χ1v) is 6.66. The van der Waals surface area contributed by atoms with E-state index in [-0.39, 0.29) is 17.9 Å². The second kappa shape index (κ2) is 5.47. The van der Waals surface area contributed by atoms with Gasteiger partial charge in [-0.1, -0.05) is 29.3 Å². The number of halogens is 2. The zero-order valence-corrected chi connectivity index (χ0v) is 11.4. The lowest BCUT2D eigenvalue weighted by atomic mass is 9.72. The Morgan fingerprint density at radius 3 is 2.67 bits per heavy atom. The number of nitrogens with one attached hydrogen (secondary N) is 1. The maximum absolute atomic E-state index is 11.3. The van der Waals surface area contributed by atoms with E-state index in [1.165, 1.54) is 0 Å². The molecule has 1 atom stereocenters. The lowest BCUT2D eigenvalue weighted by Gasteiger charge is -2.37.